The SMILES string of the molecule is CCCCCCCCCC/C=C/C(O)CCCCCCCC. The zero-order chi connectivity index (χ0) is 16.3. The molecule has 22 heavy (non-hydrogen) atoms. The molecular weight excluding hydrogens is 268 g/mol. The molecule has 132 valence electrons. The molecule has 0 spiro atoms. The number of aliphatic hydroxyl groups excluding tert-OH is 1. The first-order chi connectivity index (χ1) is 10.8. The molecule has 0 bridgehead atoms. The molecule has 0 heterocycles. The molecule has 0 aromatic carbocycles. The second-order valence-electron chi connectivity index (χ2n) is 6.82. The topological polar surface area (TPSA) is 20.2 Å². The van der Waals surface area contributed by atoms with Gasteiger partial charge in [-0.2, -0.15) is 0 Å². The highest BCUT2D eigenvalue weighted by Gasteiger charge is 1.98. The van der Waals surface area contributed by atoms with Crippen LogP contribution in [0.3, 0.4) is 0 Å². The Morgan fingerprint density at radius 2 is 1.09 bits per heavy atom. The lowest BCUT2D eigenvalue weighted by Crippen LogP contribution is -2.01. The van der Waals surface area contributed by atoms with E-state index in [4.69, 9.17) is 0 Å². The van der Waals surface area contributed by atoms with Crippen LogP contribution in [0.1, 0.15) is 117 Å². The van der Waals surface area contributed by atoms with E-state index in [2.05, 4.69) is 19.9 Å². The Balaban J connectivity index is 3.23. The van der Waals surface area contributed by atoms with Gasteiger partial charge in [0.05, 0.1) is 6.10 Å². The highest BCUT2D eigenvalue weighted by molar-refractivity contribution is 4.88. The predicted molar refractivity (Wildman–Crippen MR) is 100 cm³/mol. The Hall–Kier alpha value is -0.300. The second-order valence-corrected chi connectivity index (χ2v) is 6.82. The van der Waals surface area contributed by atoms with Crippen LogP contribution in [0, 0.1) is 0 Å². The summed E-state index contributed by atoms with van der Waals surface area (Å²) in [6.45, 7) is 4.52. The van der Waals surface area contributed by atoms with Crippen LogP contribution < -0.4 is 0 Å². The zero-order valence-electron chi connectivity index (χ0n) is 15.5. The Kier molecular flexibility index (Phi) is 18.5. The summed E-state index contributed by atoms with van der Waals surface area (Å²) >= 11 is 0. The summed E-state index contributed by atoms with van der Waals surface area (Å²) in [6.07, 6.45) is 24.9. The molecule has 0 rings (SSSR count). The molecule has 0 aliphatic heterocycles. The van der Waals surface area contributed by atoms with Gasteiger partial charge in [-0.25, -0.2) is 0 Å². The van der Waals surface area contributed by atoms with Crippen LogP contribution in [0.15, 0.2) is 12.2 Å². The Labute approximate surface area is 140 Å². The summed E-state index contributed by atoms with van der Waals surface area (Å²) in [5.41, 5.74) is 0. The van der Waals surface area contributed by atoms with Crippen LogP contribution in [-0.2, 0) is 0 Å². The van der Waals surface area contributed by atoms with Gasteiger partial charge in [0.15, 0.2) is 0 Å². The van der Waals surface area contributed by atoms with Crippen LogP contribution >= 0.6 is 0 Å². The van der Waals surface area contributed by atoms with Gasteiger partial charge < -0.3 is 5.11 Å². The number of hydrogen-bond acceptors (Lipinski definition) is 1. The van der Waals surface area contributed by atoms with Crippen LogP contribution in [-0.4, -0.2) is 11.2 Å². The molecule has 0 aliphatic rings. The van der Waals surface area contributed by atoms with Crippen LogP contribution in [0.5, 0.6) is 0 Å². The maximum Gasteiger partial charge on any atom is 0.0720 e. The summed E-state index contributed by atoms with van der Waals surface area (Å²) < 4.78 is 0. The van der Waals surface area contributed by atoms with Crippen LogP contribution in [0.25, 0.3) is 0 Å². The molecule has 1 N–H and O–H groups in total. The predicted octanol–water partition coefficient (Wildman–Crippen LogP) is 7.18. The number of allylic oxidation sites excluding steroid dienone is 1. The molecule has 1 nitrogen and oxygen atoms in total. The van der Waals surface area contributed by atoms with Crippen molar-refractivity contribution < 1.29 is 5.11 Å². The fourth-order valence-electron chi connectivity index (χ4n) is 2.88. The summed E-state index contributed by atoms with van der Waals surface area (Å²) in [7, 11) is 0. The van der Waals surface area contributed by atoms with E-state index >= 15 is 0 Å². The number of rotatable bonds is 17. The lowest BCUT2D eigenvalue weighted by molar-refractivity contribution is 0.207. The molecule has 0 amide bonds. The van der Waals surface area contributed by atoms with Crippen LogP contribution in [0.2, 0.25) is 0 Å². The smallest absolute Gasteiger partial charge is 0.0720 e. The Morgan fingerprint density at radius 1 is 0.636 bits per heavy atom. The van der Waals surface area contributed by atoms with Gasteiger partial charge in [-0.3, -0.25) is 0 Å². The summed E-state index contributed by atoms with van der Waals surface area (Å²) in [5.74, 6) is 0. The van der Waals surface area contributed by atoms with Crippen molar-refractivity contribution in [1.82, 2.24) is 0 Å². The van der Waals surface area contributed by atoms with E-state index in [-0.39, 0.29) is 6.10 Å². The number of hydrogen-bond donors (Lipinski definition) is 1. The molecule has 0 saturated heterocycles. The average molecular weight is 311 g/mol. The van der Waals surface area contributed by atoms with Crippen molar-refractivity contribution in [2.75, 3.05) is 0 Å². The van der Waals surface area contributed by atoms with Gasteiger partial charge >= 0.3 is 0 Å². The third-order valence-electron chi connectivity index (χ3n) is 4.44. The molecule has 1 heteroatoms. The molecule has 0 radical (unpaired) electrons. The number of aliphatic hydroxyl groups is 1. The summed E-state index contributed by atoms with van der Waals surface area (Å²) in [6, 6.07) is 0. The first kappa shape index (κ1) is 21.7. The normalized spacial score (nSPS) is 13.0. The first-order valence-electron chi connectivity index (χ1n) is 10.2. The van der Waals surface area contributed by atoms with Gasteiger partial charge in [0.25, 0.3) is 0 Å². The van der Waals surface area contributed by atoms with Gasteiger partial charge in [-0.15, -0.1) is 0 Å². The molecule has 0 aromatic rings. The molecule has 1 atom stereocenters. The minimum atomic E-state index is -0.208. The highest BCUT2D eigenvalue weighted by atomic mass is 16.3. The van der Waals surface area contributed by atoms with Gasteiger partial charge in [0.1, 0.15) is 0 Å². The first-order valence-corrected chi connectivity index (χ1v) is 10.2. The van der Waals surface area contributed by atoms with Crippen molar-refractivity contribution in [2.45, 2.75) is 123 Å². The number of unbranched alkanes of at least 4 members (excludes halogenated alkanes) is 13. The van der Waals surface area contributed by atoms with Gasteiger partial charge in [0.2, 0.25) is 0 Å². The van der Waals surface area contributed by atoms with Crippen molar-refractivity contribution in [3.05, 3.63) is 12.2 Å². The van der Waals surface area contributed by atoms with Crippen molar-refractivity contribution in [3.63, 3.8) is 0 Å². The van der Waals surface area contributed by atoms with Crippen molar-refractivity contribution >= 4 is 0 Å². The Morgan fingerprint density at radius 3 is 1.64 bits per heavy atom. The standard InChI is InChI=1S/C21H42O/c1-3-5-7-9-11-12-13-14-16-18-20-21(22)19-17-15-10-8-6-4-2/h18,20-22H,3-17,19H2,1-2H3/b20-18+. The van der Waals surface area contributed by atoms with E-state index in [1.165, 1.54) is 89.9 Å². The second kappa shape index (κ2) is 18.7. The molecule has 1 unspecified atom stereocenters. The summed E-state index contributed by atoms with van der Waals surface area (Å²) in [5, 5.41) is 9.89. The average Bonchev–Trinajstić information content (AvgIpc) is 2.52. The van der Waals surface area contributed by atoms with Gasteiger partial charge in [-0.05, 0) is 19.3 Å². The van der Waals surface area contributed by atoms with Crippen molar-refractivity contribution in [2.24, 2.45) is 0 Å². The fourth-order valence-corrected chi connectivity index (χ4v) is 2.88. The Bertz CT molecular complexity index is 222. The third kappa shape index (κ3) is 17.8. The molecule has 0 fully saturated rings. The lowest BCUT2D eigenvalue weighted by atomic mass is 10.1. The van der Waals surface area contributed by atoms with E-state index in [1.54, 1.807) is 0 Å². The van der Waals surface area contributed by atoms with Gasteiger partial charge in [0, 0.05) is 0 Å². The quantitative estimate of drug-likeness (QED) is 0.223. The van der Waals surface area contributed by atoms with Crippen molar-refractivity contribution in [3.8, 4) is 0 Å². The van der Waals surface area contributed by atoms with E-state index in [0.29, 0.717) is 0 Å². The minimum Gasteiger partial charge on any atom is -0.389 e. The van der Waals surface area contributed by atoms with E-state index in [1.807, 2.05) is 6.08 Å². The van der Waals surface area contributed by atoms with E-state index in [9.17, 15) is 5.11 Å². The maximum absolute atomic E-state index is 9.89. The molecular formula is C21H42O. The van der Waals surface area contributed by atoms with Crippen molar-refractivity contribution in [1.29, 1.82) is 0 Å². The highest BCUT2D eigenvalue weighted by Crippen LogP contribution is 2.11. The molecule has 0 aromatic heterocycles. The summed E-state index contributed by atoms with van der Waals surface area (Å²) in [4.78, 5) is 0. The van der Waals surface area contributed by atoms with Gasteiger partial charge in [-0.1, -0.05) is 109 Å². The molecule has 0 saturated carbocycles. The maximum atomic E-state index is 9.89. The fraction of sp³-hybridized carbons (Fsp3) is 0.905. The van der Waals surface area contributed by atoms with Crippen LogP contribution in [0.4, 0.5) is 0 Å². The lowest BCUT2D eigenvalue weighted by Gasteiger charge is -2.05. The zero-order valence-corrected chi connectivity index (χ0v) is 15.5. The van der Waals surface area contributed by atoms with E-state index in [0.717, 1.165) is 12.8 Å². The monoisotopic (exact) mass is 310 g/mol. The minimum absolute atomic E-state index is 0.208. The van der Waals surface area contributed by atoms with E-state index < -0.39 is 0 Å². The third-order valence-corrected chi connectivity index (χ3v) is 4.44. The molecule has 0 aliphatic carbocycles. The largest absolute Gasteiger partial charge is 0.389 e.